The summed E-state index contributed by atoms with van der Waals surface area (Å²) in [5.74, 6) is 1.21. The van der Waals surface area contributed by atoms with Gasteiger partial charge < -0.3 is 10.8 Å². The zero-order valence-corrected chi connectivity index (χ0v) is 11.2. The molecule has 0 bridgehead atoms. The molecule has 1 atom stereocenters. The molecule has 3 heteroatoms. The first-order valence-corrected chi connectivity index (χ1v) is 6.90. The monoisotopic (exact) mass is 259 g/mol. The van der Waals surface area contributed by atoms with Gasteiger partial charge in [0.15, 0.2) is 0 Å². The molecule has 0 aliphatic rings. The number of phenols is 1. The van der Waals surface area contributed by atoms with E-state index in [4.69, 9.17) is 5.73 Å². The molecule has 2 aromatic carbocycles. The molecule has 2 nitrogen and oxygen atoms in total. The second kappa shape index (κ2) is 5.94. The number of thioether (sulfide) groups is 1. The Kier molecular flexibility index (Phi) is 4.28. The standard InChI is InChI=1S/C15H17NOS/c1-11(16)13-4-8-15(9-5-13)18-10-12-2-6-14(17)7-3-12/h2-9,11,17H,10,16H2,1H3. The minimum atomic E-state index is 0.0844. The van der Waals surface area contributed by atoms with Crippen LogP contribution in [0.4, 0.5) is 0 Å². The molecule has 0 saturated heterocycles. The van der Waals surface area contributed by atoms with Gasteiger partial charge in [-0.2, -0.15) is 0 Å². The van der Waals surface area contributed by atoms with Crippen LogP contribution in [0.1, 0.15) is 24.1 Å². The molecule has 3 N–H and O–H groups in total. The summed E-state index contributed by atoms with van der Waals surface area (Å²) in [6.45, 7) is 1.98. The summed E-state index contributed by atoms with van der Waals surface area (Å²) in [5.41, 5.74) is 8.17. The smallest absolute Gasteiger partial charge is 0.115 e. The second-order valence-corrected chi connectivity index (χ2v) is 5.36. The van der Waals surface area contributed by atoms with E-state index in [-0.39, 0.29) is 6.04 Å². The predicted molar refractivity (Wildman–Crippen MR) is 76.7 cm³/mol. The zero-order valence-electron chi connectivity index (χ0n) is 10.3. The van der Waals surface area contributed by atoms with Crippen molar-refractivity contribution in [3.05, 3.63) is 59.7 Å². The molecule has 2 aromatic rings. The number of rotatable bonds is 4. The third-order valence-corrected chi connectivity index (χ3v) is 3.83. The average Bonchev–Trinajstić information content (AvgIpc) is 2.38. The van der Waals surface area contributed by atoms with E-state index >= 15 is 0 Å². The second-order valence-electron chi connectivity index (χ2n) is 4.31. The molecule has 1 unspecified atom stereocenters. The lowest BCUT2D eigenvalue weighted by Crippen LogP contribution is -2.04. The van der Waals surface area contributed by atoms with Crippen molar-refractivity contribution in [1.29, 1.82) is 0 Å². The molecule has 94 valence electrons. The maximum Gasteiger partial charge on any atom is 0.115 e. The lowest BCUT2D eigenvalue weighted by molar-refractivity contribution is 0.475. The van der Waals surface area contributed by atoms with Crippen LogP contribution in [-0.2, 0) is 5.75 Å². The Labute approximate surface area is 112 Å². The van der Waals surface area contributed by atoms with Gasteiger partial charge in [0.05, 0.1) is 0 Å². The topological polar surface area (TPSA) is 46.2 Å². The van der Waals surface area contributed by atoms with Crippen molar-refractivity contribution >= 4 is 11.8 Å². The summed E-state index contributed by atoms with van der Waals surface area (Å²) in [7, 11) is 0. The van der Waals surface area contributed by atoms with Crippen molar-refractivity contribution < 1.29 is 5.11 Å². The third-order valence-electron chi connectivity index (χ3n) is 2.75. The van der Waals surface area contributed by atoms with Crippen LogP contribution in [0.15, 0.2) is 53.4 Å². The van der Waals surface area contributed by atoms with Crippen LogP contribution in [0, 0.1) is 0 Å². The van der Waals surface area contributed by atoms with Gasteiger partial charge >= 0.3 is 0 Å². The highest BCUT2D eigenvalue weighted by Crippen LogP contribution is 2.24. The highest BCUT2D eigenvalue weighted by molar-refractivity contribution is 7.98. The molecule has 0 heterocycles. The molecular formula is C15H17NOS. The van der Waals surface area contributed by atoms with Gasteiger partial charge in [-0.1, -0.05) is 24.3 Å². The van der Waals surface area contributed by atoms with Crippen LogP contribution in [-0.4, -0.2) is 5.11 Å². The molecule has 2 rings (SSSR count). The van der Waals surface area contributed by atoms with E-state index in [9.17, 15) is 5.11 Å². The minimum Gasteiger partial charge on any atom is -0.508 e. The Morgan fingerprint density at radius 1 is 1.06 bits per heavy atom. The summed E-state index contributed by atoms with van der Waals surface area (Å²) in [5, 5.41) is 9.21. The molecule has 0 aliphatic heterocycles. The quantitative estimate of drug-likeness (QED) is 0.823. The molecule has 0 saturated carbocycles. The first-order valence-electron chi connectivity index (χ1n) is 5.91. The Bertz CT molecular complexity index is 491. The maximum atomic E-state index is 9.21. The maximum absolute atomic E-state index is 9.21. The van der Waals surface area contributed by atoms with Crippen molar-refractivity contribution in [1.82, 2.24) is 0 Å². The lowest BCUT2D eigenvalue weighted by Gasteiger charge is -2.07. The Morgan fingerprint density at radius 2 is 1.67 bits per heavy atom. The largest absolute Gasteiger partial charge is 0.508 e. The first kappa shape index (κ1) is 13.0. The van der Waals surface area contributed by atoms with Crippen LogP contribution in [0.2, 0.25) is 0 Å². The van der Waals surface area contributed by atoms with Crippen LogP contribution < -0.4 is 5.73 Å². The van der Waals surface area contributed by atoms with E-state index in [1.807, 2.05) is 19.1 Å². The van der Waals surface area contributed by atoms with Crippen molar-refractivity contribution in [3.63, 3.8) is 0 Å². The Hall–Kier alpha value is -1.45. The summed E-state index contributed by atoms with van der Waals surface area (Å²) in [6, 6.07) is 15.8. The SMILES string of the molecule is CC(N)c1ccc(SCc2ccc(O)cc2)cc1. The van der Waals surface area contributed by atoms with Gasteiger partial charge in [0.25, 0.3) is 0 Å². The van der Waals surface area contributed by atoms with Gasteiger partial charge in [0.2, 0.25) is 0 Å². The number of aromatic hydroxyl groups is 1. The highest BCUT2D eigenvalue weighted by Gasteiger charge is 2.00. The van der Waals surface area contributed by atoms with Crippen LogP contribution in [0.3, 0.4) is 0 Å². The highest BCUT2D eigenvalue weighted by atomic mass is 32.2. The molecule has 0 aromatic heterocycles. The molecule has 0 spiro atoms. The average molecular weight is 259 g/mol. The van der Waals surface area contributed by atoms with E-state index in [1.165, 1.54) is 10.5 Å². The molecular weight excluding hydrogens is 242 g/mol. The van der Waals surface area contributed by atoms with Crippen molar-refractivity contribution in [2.24, 2.45) is 5.73 Å². The third kappa shape index (κ3) is 3.52. The first-order chi connectivity index (χ1) is 8.65. The van der Waals surface area contributed by atoms with Gasteiger partial charge in [-0.15, -0.1) is 11.8 Å². The van der Waals surface area contributed by atoms with Gasteiger partial charge in [-0.25, -0.2) is 0 Å². The molecule has 0 aliphatic carbocycles. The fraction of sp³-hybridized carbons (Fsp3) is 0.200. The van der Waals surface area contributed by atoms with Crippen LogP contribution in [0.5, 0.6) is 5.75 Å². The van der Waals surface area contributed by atoms with Gasteiger partial charge in [0, 0.05) is 16.7 Å². The molecule has 0 radical (unpaired) electrons. The Morgan fingerprint density at radius 3 is 2.22 bits per heavy atom. The number of benzene rings is 2. The molecule has 0 amide bonds. The fourth-order valence-corrected chi connectivity index (χ4v) is 2.48. The number of phenolic OH excluding ortho intramolecular Hbond substituents is 1. The minimum absolute atomic E-state index is 0.0844. The normalized spacial score (nSPS) is 12.3. The van der Waals surface area contributed by atoms with E-state index in [0.29, 0.717) is 5.75 Å². The number of hydrogen-bond acceptors (Lipinski definition) is 3. The van der Waals surface area contributed by atoms with Gasteiger partial charge in [-0.05, 0) is 42.3 Å². The summed E-state index contributed by atoms with van der Waals surface area (Å²) in [6.07, 6.45) is 0. The number of hydrogen-bond donors (Lipinski definition) is 2. The number of nitrogens with two attached hydrogens (primary N) is 1. The van der Waals surface area contributed by atoms with Crippen molar-refractivity contribution in [2.75, 3.05) is 0 Å². The fourth-order valence-electron chi connectivity index (χ4n) is 1.63. The van der Waals surface area contributed by atoms with Crippen LogP contribution in [0.25, 0.3) is 0 Å². The van der Waals surface area contributed by atoms with E-state index in [0.717, 1.165) is 11.3 Å². The Balaban J connectivity index is 1.95. The predicted octanol–water partition coefficient (Wildman–Crippen LogP) is 3.70. The van der Waals surface area contributed by atoms with Gasteiger partial charge in [0.1, 0.15) is 5.75 Å². The van der Waals surface area contributed by atoms with Crippen molar-refractivity contribution in [2.45, 2.75) is 23.6 Å². The molecule has 18 heavy (non-hydrogen) atoms. The van der Waals surface area contributed by atoms with Gasteiger partial charge in [-0.3, -0.25) is 0 Å². The van der Waals surface area contributed by atoms with Crippen LogP contribution >= 0.6 is 11.8 Å². The summed E-state index contributed by atoms with van der Waals surface area (Å²) < 4.78 is 0. The zero-order chi connectivity index (χ0) is 13.0. The van der Waals surface area contributed by atoms with E-state index in [2.05, 4.69) is 24.3 Å². The molecule has 0 fully saturated rings. The lowest BCUT2D eigenvalue weighted by atomic mass is 10.1. The van der Waals surface area contributed by atoms with E-state index in [1.54, 1.807) is 23.9 Å². The van der Waals surface area contributed by atoms with E-state index < -0.39 is 0 Å². The summed E-state index contributed by atoms with van der Waals surface area (Å²) >= 11 is 1.78. The summed E-state index contributed by atoms with van der Waals surface area (Å²) in [4.78, 5) is 1.23. The van der Waals surface area contributed by atoms with Crippen molar-refractivity contribution in [3.8, 4) is 5.75 Å².